The van der Waals surface area contributed by atoms with Gasteiger partial charge in [-0.1, -0.05) is 28.1 Å². The van der Waals surface area contributed by atoms with Gasteiger partial charge in [-0.05, 0) is 47.5 Å². The van der Waals surface area contributed by atoms with Crippen LogP contribution in [0.4, 0.5) is 0 Å². The Labute approximate surface area is 129 Å². The molecule has 0 fully saturated rings. The fourth-order valence-electron chi connectivity index (χ4n) is 2.08. The van der Waals surface area contributed by atoms with Crippen LogP contribution in [-0.2, 0) is 13.0 Å². The van der Waals surface area contributed by atoms with Crippen LogP contribution >= 0.6 is 31.9 Å². The summed E-state index contributed by atoms with van der Waals surface area (Å²) < 4.78 is 3.90. The van der Waals surface area contributed by atoms with Crippen molar-refractivity contribution in [2.75, 3.05) is 0 Å². The van der Waals surface area contributed by atoms with E-state index in [0.29, 0.717) is 6.42 Å². The van der Waals surface area contributed by atoms with E-state index in [2.05, 4.69) is 37.0 Å². The third kappa shape index (κ3) is 3.27. The number of aryl methyl sites for hydroxylation is 2. The van der Waals surface area contributed by atoms with Crippen molar-refractivity contribution in [3.63, 3.8) is 0 Å². The van der Waals surface area contributed by atoms with E-state index in [1.54, 1.807) is 0 Å². The van der Waals surface area contributed by atoms with Gasteiger partial charge in [-0.15, -0.1) is 0 Å². The number of hydrogen-bond donors (Lipinski definition) is 1. The van der Waals surface area contributed by atoms with E-state index in [-0.39, 0.29) is 0 Å². The molecule has 0 aliphatic heterocycles. The van der Waals surface area contributed by atoms with Gasteiger partial charge in [-0.3, -0.25) is 4.68 Å². The molecule has 0 radical (unpaired) electrons. The Morgan fingerprint density at radius 2 is 2.11 bits per heavy atom. The molecule has 1 aromatic carbocycles. The first kappa shape index (κ1) is 14.8. The Kier molecular flexibility index (Phi) is 4.81. The highest BCUT2D eigenvalue weighted by Crippen LogP contribution is 2.27. The van der Waals surface area contributed by atoms with Gasteiger partial charge in [-0.2, -0.15) is 5.10 Å². The normalized spacial score (nSPS) is 12.7. The third-order valence-electron chi connectivity index (χ3n) is 3.07. The lowest BCUT2D eigenvalue weighted by atomic mass is 10.0. The molecule has 2 rings (SSSR count). The molecule has 0 aliphatic carbocycles. The molecule has 3 nitrogen and oxygen atoms in total. The minimum absolute atomic E-state index is 0.532. The Morgan fingerprint density at radius 1 is 1.37 bits per heavy atom. The second-order valence-corrected chi connectivity index (χ2v) is 6.15. The summed E-state index contributed by atoms with van der Waals surface area (Å²) in [5.41, 5.74) is 2.90. The van der Waals surface area contributed by atoms with Crippen molar-refractivity contribution in [2.24, 2.45) is 0 Å². The number of halogens is 2. The van der Waals surface area contributed by atoms with Crippen LogP contribution in [0, 0.1) is 6.92 Å². The summed E-state index contributed by atoms with van der Waals surface area (Å²) in [5.74, 6) is 0. The quantitative estimate of drug-likeness (QED) is 0.860. The van der Waals surface area contributed by atoms with Crippen LogP contribution in [0.25, 0.3) is 0 Å². The second kappa shape index (κ2) is 6.20. The van der Waals surface area contributed by atoms with E-state index in [4.69, 9.17) is 0 Å². The number of rotatable bonds is 4. The molecular formula is C14H16Br2N2O. The zero-order chi connectivity index (χ0) is 14.0. The number of aromatic nitrogens is 2. The lowest BCUT2D eigenvalue weighted by Gasteiger charge is -2.13. The average molecular weight is 388 g/mol. The van der Waals surface area contributed by atoms with Crippen LogP contribution in [0.2, 0.25) is 0 Å². The van der Waals surface area contributed by atoms with E-state index in [1.807, 2.05) is 42.8 Å². The zero-order valence-corrected chi connectivity index (χ0v) is 14.1. The first-order chi connectivity index (χ1) is 9.02. The van der Waals surface area contributed by atoms with Crippen molar-refractivity contribution in [1.82, 2.24) is 9.78 Å². The van der Waals surface area contributed by atoms with Crippen molar-refractivity contribution in [1.29, 1.82) is 0 Å². The summed E-state index contributed by atoms with van der Waals surface area (Å²) in [5, 5.41) is 14.8. The van der Waals surface area contributed by atoms with Crippen LogP contribution in [0.3, 0.4) is 0 Å². The maximum absolute atomic E-state index is 10.4. The number of benzene rings is 1. The van der Waals surface area contributed by atoms with Gasteiger partial charge in [0.05, 0.1) is 22.0 Å². The Balaban J connectivity index is 2.26. The van der Waals surface area contributed by atoms with Crippen molar-refractivity contribution >= 4 is 31.9 Å². The van der Waals surface area contributed by atoms with Gasteiger partial charge in [0, 0.05) is 17.4 Å². The van der Waals surface area contributed by atoms with Crippen LogP contribution < -0.4 is 0 Å². The molecule has 19 heavy (non-hydrogen) atoms. The maximum atomic E-state index is 10.4. The molecule has 1 atom stereocenters. The van der Waals surface area contributed by atoms with Crippen molar-refractivity contribution < 1.29 is 5.11 Å². The van der Waals surface area contributed by atoms with Gasteiger partial charge in [0.25, 0.3) is 0 Å². The van der Waals surface area contributed by atoms with E-state index in [9.17, 15) is 5.11 Å². The molecule has 0 bridgehead atoms. The maximum Gasteiger partial charge on any atom is 0.0846 e. The molecular weight excluding hydrogens is 372 g/mol. The largest absolute Gasteiger partial charge is 0.388 e. The summed E-state index contributed by atoms with van der Waals surface area (Å²) in [6.45, 7) is 4.81. The standard InChI is InChI=1S/C14H16Br2N2O/c1-3-18-12(14(16)9(2)17-18)8-13(19)10-5-4-6-11(15)7-10/h4-7,13,19H,3,8H2,1-2H3. The summed E-state index contributed by atoms with van der Waals surface area (Å²) in [4.78, 5) is 0. The molecule has 0 saturated carbocycles. The summed E-state index contributed by atoms with van der Waals surface area (Å²) in [7, 11) is 0. The van der Waals surface area contributed by atoms with Gasteiger partial charge < -0.3 is 5.11 Å². The lowest BCUT2D eigenvalue weighted by molar-refractivity contribution is 0.175. The van der Waals surface area contributed by atoms with E-state index in [1.165, 1.54) is 0 Å². The number of hydrogen-bond acceptors (Lipinski definition) is 2. The summed E-state index contributed by atoms with van der Waals surface area (Å²) >= 11 is 6.98. The first-order valence-corrected chi connectivity index (χ1v) is 7.76. The Bertz CT molecular complexity index is 581. The molecule has 0 amide bonds. The number of aliphatic hydroxyl groups is 1. The fourth-order valence-corrected chi connectivity index (χ4v) is 2.94. The molecule has 5 heteroatoms. The molecule has 1 N–H and O–H groups in total. The van der Waals surface area contributed by atoms with E-state index < -0.39 is 6.10 Å². The smallest absolute Gasteiger partial charge is 0.0846 e. The topological polar surface area (TPSA) is 38.0 Å². The van der Waals surface area contributed by atoms with Crippen LogP contribution in [0.1, 0.15) is 30.0 Å². The fraction of sp³-hybridized carbons (Fsp3) is 0.357. The minimum Gasteiger partial charge on any atom is -0.388 e. The van der Waals surface area contributed by atoms with Crippen LogP contribution in [0.5, 0.6) is 0 Å². The first-order valence-electron chi connectivity index (χ1n) is 6.18. The molecule has 102 valence electrons. The molecule has 1 heterocycles. The Morgan fingerprint density at radius 3 is 2.74 bits per heavy atom. The molecule has 1 unspecified atom stereocenters. The number of nitrogens with zero attached hydrogens (tertiary/aromatic N) is 2. The monoisotopic (exact) mass is 386 g/mol. The van der Waals surface area contributed by atoms with Gasteiger partial charge >= 0.3 is 0 Å². The van der Waals surface area contributed by atoms with Crippen molar-refractivity contribution in [2.45, 2.75) is 32.9 Å². The molecule has 0 saturated heterocycles. The van der Waals surface area contributed by atoms with Crippen LogP contribution in [-0.4, -0.2) is 14.9 Å². The molecule has 0 aliphatic rings. The molecule has 0 spiro atoms. The highest BCUT2D eigenvalue weighted by Gasteiger charge is 2.17. The van der Waals surface area contributed by atoms with Gasteiger partial charge in [0.2, 0.25) is 0 Å². The Hall–Kier alpha value is -0.650. The van der Waals surface area contributed by atoms with E-state index in [0.717, 1.165) is 32.4 Å². The highest BCUT2D eigenvalue weighted by atomic mass is 79.9. The van der Waals surface area contributed by atoms with Crippen molar-refractivity contribution in [3.05, 3.63) is 50.2 Å². The minimum atomic E-state index is -0.532. The molecule has 2 aromatic rings. The average Bonchev–Trinajstić information content (AvgIpc) is 2.66. The van der Waals surface area contributed by atoms with Gasteiger partial charge in [0.15, 0.2) is 0 Å². The zero-order valence-electron chi connectivity index (χ0n) is 10.9. The van der Waals surface area contributed by atoms with Gasteiger partial charge in [-0.25, -0.2) is 0 Å². The highest BCUT2D eigenvalue weighted by molar-refractivity contribution is 9.10. The van der Waals surface area contributed by atoms with E-state index >= 15 is 0 Å². The predicted molar refractivity (Wildman–Crippen MR) is 83.1 cm³/mol. The predicted octanol–water partition coefficient (Wildman–Crippen LogP) is 4.01. The molecule has 1 aromatic heterocycles. The summed E-state index contributed by atoms with van der Waals surface area (Å²) in [6, 6.07) is 7.76. The lowest BCUT2D eigenvalue weighted by Crippen LogP contribution is -2.09. The van der Waals surface area contributed by atoms with Crippen LogP contribution in [0.15, 0.2) is 33.2 Å². The SMILES string of the molecule is CCn1nc(C)c(Br)c1CC(O)c1cccc(Br)c1. The number of aliphatic hydroxyl groups excluding tert-OH is 1. The van der Waals surface area contributed by atoms with Crippen molar-refractivity contribution in [3.8, 4) is 0 Å². The third-order valence-corrected chi connectivity index (χ3v) is 4.60. The second-order valence-electron chi connectivity index (χ2n) is 4.44. The summed E-state index contributed by atoms with van der Waals surface area (Å²) in [6.07, 6.45) is 0.0151. The van der Waals surface area contributed by atoms with Gasteiger partial charge in [0.1, 0.15) is 0 Å².